The quantitative estimate of drug-likeness (QED) is 0.859. The van der Waals surface area contributed by atoms with Crippen LogP contribution in [0.3, 0.4) is 0 Å². The number of ketones is 1. The van der Waals surface area contributed by atoms with Crippen LogP contribution in [-0.2, 0) is 16.0 Å². The Bertz CT molecular complexity index is 970. The Kier molecular flexibility index (Phi) is 3.48. The Balaban J connectivity index is 1.47. The SMILES string of the molecule is O=C1CCCc2nc(NC(=O)C34CCC(=O)N3c3ccccc3S4)sc21. The predicted molar refractivity (Wildman–Crippen MR) is 99.8 cm³/mol. The van der Waals surface area contributed by atoms with E-state index in [-0.39, 0.29) is 17.6 Å². The fraction of sp³-hybridized carbons (Fsp3) is 0.333. The molecule has 0 radical (unpaired) electrons. The van der Waals surface area contributed by atoms with E-state index in [0.29, 0.717) is 29.3 Å². The molecule has 1 aromatic carbocycles. The zero-order valence-electron chi connectivity index (χ0n) is 13.8. The lowest BCUT2D eigenvalue weighted by Gasteiger charge is -2.29. The molecule has 2 aromatic rings. The molecular weight excluding hydrogens is 370 g/mol. The van der Waals surface area contributed by atoms with Gasteiger partial charge in [-0.2, -0.15) is 0 Å². The summed E-state index contributed by atoms with van der Waals surface area (Å²) in [6, 6.07) is 7.59. The number of thiazole rings is 1. The normalized spacial score (nSPS) is 23.6. The Morgan fingerprint density at radius 3 is 2.88 bits per heavy atom. The van der Waals surface area contributed by atoms with Gasteiger partial charge in [0.1, 0.15) is 0 Å². The van der Waals surface area contributed by atoms with E-state index in [1.54, 1.807) is 4.90 Å². The number of fused-ring (bicyclic) bond motifs is 4. The number of para-hydroxylation sites is 1. The third-order valence-electron chi connectivity index (χ3n) is 5.02. The summed E-state index contributed by atoms with van der Waals surface area (Å²) in [4.78, 5) is 44.4. The van der Waals surface area contributed by atoms with Gasteiger partial charge in [0, 0.05) is 17.7 Å². The molecule has 8 heteroatoms. The summed E-state index contributed by atoms with van der Waals surface area (Å²) in [5.41, 5.74) is 1.57. The number of amides is 2. The van der Waals surface area contributed by atoms with Crippen LogP contribution in [0.2, 0.25) is 0 Å². The van der Waals surface area contributed by atoms with Gasteiger partial charge in [0.25, 0.3) is 5.91 Å². The number of aryl methyl sites for hydroxylation is 1. The molecule has 5 rings (SSSR count). The van der Waals surface area contributed by atoms with Crippen molar-refractivity contribution in [3.05, 3.63) is 34.8 Å². The maximum Gasteiger partial charge on any atom is 0.263 e. The first kappa shape index (κ1) is 16.0. The van der Waals surface area contributed by atoms with E-state index in [0.717, 1.165) is 29.1 Å². The smallest absolute Gasteiger partial charge is 0.263 e. The molecule has 1 unspecified atom stereocenters. The van der Waals surface area contributed by atoms with Crippen LogP contribution in [0.5, 0.6) is 0 Å². The third kappa shape index (κ3) is 2.18. The van der Waals surface area contributed by atoms with Gasteiger partial charge in [0.05, 0.1) is 16.3 Å². The lowest BCUT2D eigenvalue weighted by atomic mass is 10.0. The number of benzene rings is 1. The molecule has 1 aromatic heterocycles. The second-order valence-electron chi connectivity index (χ2n) is 6.61. The molecule has 1 aliphatic carbocycles. The number of thioether (sulfide) groups is 1. The standard InChI is InChI=1S/C18H15N3O3S2/c22-12-6-3-4-10-15(12)25-17(19-10)20-16(24)18-9-8-14(23)21(18)11-5-1-2-7-13(11)26-18/h1-2,5,7H,3-4,6,8-9H2,(H,19,20,24). The van der Waals surface area contributed by atoms with Crippen molar-refractivity contribution in [1.29, 1.82) is 0 Å². The topological polar surface area (TPSA) is 79.4 Å². The molecule has 0 spiro atoms. The Morgan fingerprint density at radius 2 is 2.04 bits per heavy atom. The van der Waals surface area contributed by atoms with Crippen molar-refractivity contribution in [2.45, 2.75) is 41.9 Å². The van der Waals surface area contributed by atoms with Crippen molar-refractivity contribution in [2.24, 2.45) is 0 Å². The minimum absolute atomic E-state index is 0.0359. The maximum absolute atomic E-state index is 13.2. The molecule has 1 saturated heterocycles. The number of nitrogens with one attached hydrogen (secondary N) is 1. The largest absolute Gasteiger partial charge is 0.299 e. The van der Waals surface area contributed by atoms with E-state index in [9.17, 15) is 14.4 Å². The van der Waals surface area contributed by atoms with Gasteiger partial charge in [0.15, 0.2) is 15.8 Å². The number of anilines is 2. The number of carbonyl (C=O) groups excluding carboxylic acids is 3. The first-order valence-electron chi connectivity index (χ1n) is 8.54. The van der Waals surface area contributed by atoms with Crippen molar-refractivity contribution in [1.82, 2.24) is 4.98 Å². The first-order chi connectivity index (χ1) is 12.6. The molecule has 132 valence electrons. The van der Waals surface area contributed by atoms with Gasteiger partial charge in [-0.05, 0) is 31.4 Å². The van der Waals surface area contributed by atoms with Gasteiger partial charge in [0.2, 0.25) is 5.91 Å². The lowest BCUT2D eigenvalue weighted by molar-refractivity contribution is -0.121. The van der Waals surface area contributed by atoms with Crippen LogP contribution < -0.4 is 10.2 Å². The van der Waals surface area contributed by atoms with Gasteiger partial charge >= 0.3 is 0 Å². The van der Waals surface area contributed by atoms with E-state index in [1.165, 1.54) is 23.1 Å². The summed E-state index contributed by atoms with van der Waals surface area (Å²) < 4.78 is 0. The average Bonchev–Trinajstić information content (AvgIpc) is 3.28. The maximum atomic E-state index is 13.2. The van der Waals surface area contributed by atoms with E-state index >= 15 is 0 Å². The van der Waals surface area contributed by atoms with Gasteiger partial charge in [-0.1, -0.05) is 35.2 Å². The van der Waals surface area contributed by atoms with Gasteiger partial charge in [-0.15, -0.1) is 0 Å². The molecule has 6 nitrogen and oxygen atoms in total. The molecular formula is C18H15N3O3S2. The molecule has 0 bridgehead atoms. The molecule has 3 aliphatic rings. The Hall–Kier alpha value is -2.19. The second kappa shape index (κ2) is 5.65. The molecule has 1 fully saturated rings. The highest BCUT2D eigenvalue weighted by Gasteiger charge is 2.57. The molecule has 1 atom stereocenters. The number of aromatic nitrogens is 1. The van der Waals surface area contributed by atoms with Crippen LogP contribution in [0.1, 0.15) is 41.0 Å². The number of carbonyl (C=O) groups is 3. The number of Topliss-reactive ketones (excluding diaryl/α,β-unsaturated/α-hetero) is 1. The van der Waals surface area contributed by atoms with Gasteiger partial charge < -0.3 is 0 Å². The van der Waals surface area contributed by atoms with Crippen LogP contribution >= 0.6 is 23.1 Å². The van der Waals surface area contributed by atoms with Crippen molar-refractivity contribution >= 4 is 51.5 Å². The molecule has 3 heterocycles. The fourth-order valence-corrected chi connectivity index (χ4v) is 6.20. The van der Waals surface area contributed by atoms with Crippen LogP contribution in [0.15, 0.2) is 29.2 Å². The van der Waals surface area contributed by atoms with E-state index in [2.05, 4.69) is 10.3 Å². The average molecular weight is 385 g/mol. The highest BCUT2D eigenvalue weighted by molar-refractivity contribution is 8.02. The minimum atomic E-state index is -0.961. The van der Waals surface area contributed by atoms with E-state index < -0.39 is 4.87 Å². The summed E-state index contributed by atoms with van der Waals surface area (Å²) in [6.07, 6.45) is 2.92. The summed E-state index contributed by atoms with van der Waals surface area (Å²) >= 11 is 2.66. The molecule has 1 N–H and O–H groups in total. The van der Waals surface area contributed by atoms with Crippen molar-refractivity contribution in [3.8, 4) is 0 Å². The molecule has 2 aliphatic heterocycles. The van der Waals surface area contributed by atoms with Crippen molar-refractivity contribution < 1.29 is 14.4 Å². The van der Waals surface area contributed by atoms with Crippen molar-refractivity contribution in [2.75, 3.05) is 10.2 Å². The summed E-state index contributed by atoms with van der Waals surface area (Å²) in [5, 5.41) is 3.33. The van der Waals surface area contributed by atoms with Crippen LogP contribution in [0.4, 0.5) is 10.8 Å². The third-order valence-corrected chi connectivity index (χ3v) is 7.55. The monoisotopic (exact) mass is 385 g/mol. The van der Waals surface area contributed by atoms with Gasteiger partial charge in [-0.25, -0.2) is 4.98 Å². The Labute approximate surface area is 158 Å². The van der Waals surface area contributed by atoms with Crippen LogP contribution in [0.25, 0.3) is 0 Å². The summed E-state index contributed by atoms with van der Waals surface area (Å²) in [6.45, 7) is 0. The fourth-order valence-electron chi connectivity index (χ4n) is 3.82. The number of rotatable bonds is 2. The predicted octanol–water partition coefficient (Wildman–Crippen LogP) is 3.23. The highest BCUT2D eigenvalue weighted by atomic mass is 32.2. The first-order valence-corrected chi connectivity index (χ1v) is 10.2. The van der Waals surface area contributed by atoms with Gasteiger partial charge in [-0.3, -0.25) is 24.6 Å². The highest BCUT2D eigenvalue weighted by Crippen LogP contribution is 2.56. The minimum Gasteiger partial charge on any atom is -0.299 e. The summed E-state index contributed by atoms with van der Waals surface area (Å²) in [5.74, 6) is -0.183. The number of nitrogens with zero attached hydrogens (tertiary/aromatic N) is 2. The zero-order valence-corrected chi connectivity index (χ0v) is 15.4. The molecule has 26 heavy (non-hydrogen) atoms. The lowest BCUT2D eigenvalue weighted by Crippen LogP contribution is -2.49. The van der Waals surface area contributed by atoms with Crippen molar-refractivity contribution in [3.63, 3.8) is 0 Å². The number of hydrogen-bond donors (Lipinski definition) is 1. The zero-order chi connectivity index (χ0) is 17.9. The summed E-state index contributed by atoms with van der Waals surface area (Å²) in [7, 11) is 0. The molecule has 2 amide bonds. The van der Waals surface area contributed by atoms with E-state index in [1.807, 2.05) is 24.3 Å². The Morgan fingerprint density at radius 1 is 1.19 bits per heavy atom. The molecule has 0 saturated carbocycles. The second-order valence-corrected chi connectivity index (χ2v) is 8.93. The van der Waals surface area contributed by atoms with Crippen LogP contribution in [0, 0.1) is 0 Å². The van der Waals surface area contributed by atoms with Crippen LogP contribution in [-0.4, -0.2) is 27.5 Å². The van der Waals surface area contributed by atoms with E-state index in [4.69, 9.17) is 0 Å². The number of hydrogen-bond acceptors (Lipinski definition) is 6.